The Morgan fingerprint density at radius 2 is 2.05 bits per heavy atom. The number of carbonyl (C=O) groups excluding carboxylic acids is 1. The molecule has 0 spiro atoms. The summed E-state index contributed by atoms with van der Waals surface area (Å²) in [6, 6.07) is -0.362. The Labute approximate surface area is 130 Å². The number of rotatable bonds is 7. The number of carboxylic acids is 1. The summed E-state index contributed by atoms with van der Waals surface area (Å²) in [7, 11) is -1.59. The van der Waals surface area contributed by atoms with Gasteiger partial charge in [0.1, 0.15) is 0 Å². The zero-order chi connectivity index (χ0) is 16.4. The largest absolute Gasteiger partial charge is 0.481 e. The lowest BCUT2D eigenvalue weighted by Gasteiger charge is -2.39. The molecule has 1 saturated heterocycles. The van der Waals surface area contributed by atoms with Crippen molar-refractivity contribution in [2.75, 3.05) is 31.8 Å². The Kier molecular flexibility index (Phi) is 5.11. The van der Waals surface area contributed by atoms with Crippen LogP contribution >= 0.6 is 0 Å². The van der Waals surface area contributed by atoms with Crippen LogP contribution in [0.1, 0.15) is 32.1 Å². The van der Waals surface area contributed by atoms with Crippen LogP contribution in [0.25, 0.3) is 0 Å². The summed E-state index contributed by atoms with van der Waals surface area (Å²) >= 11 is 0. The maximum Gasteiger partial charge on any atom is 0.310 e. The fourth-order valence-corrected chi connectivity index (χ4v) is 4.91. The third-order valence-electron chi connectivity index (χ3n) is 4.76. The van der Waals surface area contributed by atoms with Crippen LogP contribution in [-0.2, 0) is 24.2 Å². The number of nitrogens with zero attached hydrogens (tertiary/aromatic N) is 1. The first kappa shape index (κ1) is 17.2. The maximum atomic E-state index is 12.6. The zero-order valence-electron chi connectivity index (χ0n) is 12.8. The second kappa shape index (κ2) is 6.54. The highest BCUT2D eigenvalue weighted by molar-refractivity contribution is 7.91. The molecule has 1 unspecified atom stereocenters. The van der Waals surface area contributed by atoms with Crippen molar-refractivity contribution in [2.45, 2.75) is 38.1 Å². The summed E-state index contributed by atoms with van der Waals surface area (Å²) < 4.78 is 28.3. The number of carboxylic acid groups (broad SMARTS) is 1. The monoisotopic (exact) mass is 333 g/mol. The Bertz CT molecular complexity index is 540. The minimum Gasteiger partial charge on any atom is -0.481 e. The molecule has 1 atom stereocenters. The molecule has 1 aliphatic heterocycles. The minimum absolute atomic E-state index is 0.0392. The van der Waals surface area contributed by atoms with Crippen LogP contribution in [0.5, 0.6) is 0 Å². The van der Waals surface area contributed by atoms with E-state index in [2.05, 4.69) is 0 Å². The molecule has 1 aliphatic carbocycles. The van der Waals surface area contributed by atoms with Crippen LogP contribution in [0.3, 0.4) is 0 Å². The van der Waals surface area contributed by atoms with Crippen molar-refractivity contribution in [2.24, 2.45) is 5.41 Å². The van der Waals surface area contributed by atoms with Crippen LogP contribution in [0.15, 0.2) is 0 Å². The first-order valence-electron chi connectivity index (χ1n) is 7.52. The van der Waals surface area contributed by atoms with Crippen molar-refractivity contribution in [3.63, 3.8) is 0 Å². The molecule has 7 nitrogen and oxygen atoms in total. The van der Waals surface area contributed by atoms with Gasteiger partial charge in [0, 0.05) is 26.1 Å². The Hall–Kier alpha value is -1.15. The molecule has 0 aromatic rings. The van der Waals surface area contributed by atoms with Crippen LogP contribution in [0.2, 0.25) is 0 Å². The molecule has 2 aliphatic rings. The van der Waals surface area contributed by atoms with Gasteiger partial charge in [0.25, 0.3) is 0 Å². The van der Waals surface area contributed by atoms with E-state index >= 15 is 0 Å². The predicted molar refractivity (Wildman–Crippen MR) is 79.2 cm³/mol. The number of amides is 1. The molecule has 126 valence electrons. The highest BCUT2D eigenvalue weighted by Crippen LogP contribution is 2.44. The van der Waals surface area contributed by atoms with Gasteiger partial charge in [-0.2, -0.15) is 0 Å². The second-order valence-corrected chi connectivity index (χ2v) is 8.48. The number of carbonyl (C=O) groups is 2. The minimum atomic E-state index is -3.10. The molecule has 1 amide bonds. The number of ether oxygens (including phenoxy) is 1. The molecule has 2 fully saturated rings. The van der Waals surface area contributed by atoms with E-state index in [1.54, 1.807) is 0 Å². The van der Waals surface area contributed by atoms with Crippen molar-refractivity contribution in [1.82, 2.24) is 4.90 Å². The standard InChI is InChI=1S/C14H23NO6S/c1-21-7-6-15(11-3-8-22(19,20)10-11)12(16)9-14(13(17)18)4-2-5-14/h11H,2-10H2,1H3,(H,17,18). The van der Waals surface area contributed by atoms with Crippen molar-refractivity contribution in [3.05, 3.63) is 0 Å². The Balaban J connectivity index is 2.08. The van der Waals surface area contributed by atoms with Crippen LogP contribution in [0, 0.1) is 5.41 Å². The van der Waals surface area contributed by atoms with E-state index in [0.29, 0.717) is 32.4 Å². The van der Waals surface area contributed by atoms with Crippen LogP contribution < -0.4 is 0 Å². The topological polar surface area (TPSA) is 101 Å². The summed E-state index contributed by atoms with van der Waals surface area (Å²) in [6.07, 6.45) is 2.19. The molecule has 1 heterocycles. The molecule has 1 saturated carbocycles. The van der Waals surface area contributed by atoms with Gasteiger partial charge >= 0.3 is 5.97 Å². The lowest BCUT2D eigenvalue weighted by atomic mass is 9.66. The Morgan fingerprint density at radius 3 is 2.45 bits per heavy atom. The van der Waals surface area contributed by atoms with E-state index in [4.69, 9.17) is 4.74 Å². The maximum absolute atomic E-state index is 12.6. The molecular weight excluding hydrogens is 310 g/mol. The third-order valence-corrected chi connectivity index (χ3v) is 6.51. The normalized spacial score (nSPS) is 25.4. The summed E-state index contributed by atoms with van der Waals surface area (Å²) in [6.45, 7) is 0.605. The van der Waals surface area contributed by atoms with E-state index in [-0.39, 0.29) is 29.9 Å². The van der Waals surface area contributed by atoms with Crippen molar-refractivity contribution < 1.29 is 27.9 Å². The van der Waals surface area contributed by atoms with E-state index in [1.165, 1.54) is 12.0 Å². The quantitative estimate of drug-likeness (QED) is 0.719. The zero-order valence-corrected chi connectivity index (χ0v) is 13.6. The highest BCUT2D eigenvalue weighted by Gasteiger charge is 2.47. The van der Waals surface area contributed by atoms with Gasteiger partial charge in [0.2, 0.25) is 5.91 Å². The lowest BCUT2D eigenvalue weighted by Crippen LogP contribution is -2.48. The summed E-state index contributed by atoms with van der Waals surface area (Å²) in [5.74, 6) is -1.17. The number of aliphatic carboxylic acids is 1. The van der Waals surface area contributed by atoms with Gasteiger partial charge in [-0.1, -0.05) is 6.42 Å². The average Bonchev–Trinajstić information content (AvgIpc) is 2.74. The second-order valence-electron chi connectivity index (χ2n) is 6.25. The summed E-state index contributed by atoms with van der Waals surface area (Å²) in [5, 5.41) is 9.35. The molecule has 1 N–H and O–H groups in total. The van der Waals surface area contributed by atoms with Crippen LogP contribution in [0.4, 0.5) is 0 Å². The molecule has 0 aromatic carbocycles. The molecule has 2 rings (SSSR count). The van der Waals surface area contributed by atoms with Gasteiger partial charge < -0.3 is 14.7 Å². The van der Waals surface area contributed by atoms with Crippen molar-refractivity contribution >= 4 is 21.7 Å². The SMILES string of the molecule is COCCN(C(=O)CC1(C(=O)O)CCC1)C1CCS(=O)(=O)C1. The highest BCUT2D eigenvalue weighted by atomic mass is 32.2. The molecule has 0 bridgehead atoms. The number of sulfone groups is 1. The van der Waals surface area contributed by atoms with E-state index in [1.807, 2.05) is 0 Å². The van der Waals surface area contributed by atoms with Gasteiger partial charge in [-0.3, -0.25) is 9.59 Å². The number of hydrogen-bond acceptors (Lipinski definition) is 5. The number of hydrogen-bond donors (Lipinski definition) is 1. The van der Waals surface area contributed by atoms with E-state index in [0.717, 1.165) is 6.42 Å². The van der Waals surface area contributed by atoms with Gasteiger partial charge in [0.15, 0.2) is 9.84 Å². The summed E-state index contributed by atoms with van der Waals surface area (Å²) in [5.41, 5.74) is -0.958. The molecule has 8 heteroatoms. The first-order chi connectivity index (χ1) is 10.3. The average molecular weight is 333 g/mol. The molecule has 22 heavy (non-hydrogen) atoms. The van der Waals surface area contributed by atoms with Gasteiger partial charge in [-0.05, 0) is 19.3 Å². The fraction of sp³-hybridized carbons (Fsp3) is 0.857. The fourth-order valence-electron chi connectivity index (χ4n) is 3.18. The van der Waals surface area contributed by atoms with Crippen molar-refractivity contribution in [1.29, 1.82) is 0 Å². The van der Waals surface area contributed by atoms with E-state index in [9.17, 15) is 23.1 Å². The molecule has 0 aromatic heterocycles. The van der Waals surface area contributed by atoms with Gasteiger partial charge in [0.05, 0.1) is 23.5 Å². The summed E-state index contributed by atoms with van der Waals surface area (Å²) in [4.78, 5) is 25.5. The molecule has 0 radical (unpaired) electrons. The predicted octanol–water partition coefficient (Wildman–Crippen LogP) is 0.294. The Morgan fingerprint density at radius 1 is 1.36 bits per heavy atom. The first-order valence-corrected chi connectivity index (χ1v) is 9.34. The third kappa shape index (κ3) is 3.60. The molecular formula is C14H23NO6S. The van der Waals surface area contributed by atoms with E-state index < -0.39 is 21.2 Å². The number of methoxy groups -OCH3 is 1. The van der Waals surface area contributed by atoms with Crippen LogP contribution in [-0.4, -0.2) is 68.1 Å². The van der Waals surface area contributed by atoms with Crippen molar-refractivity contribution in [3.8, 4) is 0 Å². The van der Waals surface area contributed by atoms with Gasteiger partial charge in [-0.25, -0.2) is 8.42 Å². The lowest BCUT2D eigenvalue weighted by molar-refractivity contribution is -0.160. The smallest absolute Gasteiger partial charge is 0.310 e. The van der Waals surface area contributed by atoms with Gasteiger partial charge in [-0.15, -0.1) is 0 Å².